The van der Waals surface area contributed by atoms with E-state index in [1.807, 2.05) is 0 Å². The van der Waals surface area contributed by atoms with Crippen molar-refractivity contribution in [3.63, 3.8) is 0 Å². The molecule has 1 aromatic heterocycles. The molecule has 0 saturated carbocycles. The van der Waals surface area contributed by atoms with Gasteiger partial charge in [-0.15, -0.1) is 0 Å². The topological polar surface area (TPSA) is 119 Å². The first-order valence-corrected chi connectivity index (χ1v) is 11.1. The van der Waals surface area contributed by atoms with Crippen LogP contribution in [0.2, 0.25) is 10.0 Å². The van der Waals surface area contributed by atoms with Crippen LogP contribution in [0.15, 0.2) is 35.1 Å². The van der Waals surface area contributed by atoms with Crippen LogP contribution in [0.4, 0.5) is 4.79 Å². The number of hydrogen-bond donors (Lipinski definition) is 2. The highest BCUT2D eigenvalue weighted by molar-refractivity contribution is 6.38. The lowest BCUT2D eigenvalue weighted by Crippen LogP contribution is -2.37. The first-order valence-electron chi connectivity index (χ1n) is 10.3. The van der Waals surface area contributed by atoms with Gasteiger partial charge in [-0.25, -0.2) is 9.78 Å². The van der Waals surface area contributed by atoms with Gasteiger partial charge in [-0.1, -0.05) is 23.2 Å². The maximum Gasteiger partial charge on any atom is 0.407 e. The molecule has 0 aliphatic carbocycles. The summed E-state index contributed by atoms with van der Waals surface area (Å²) in [6, 6.07) is 7.31. The lowest BCUT2D eigenvalue weighted by molar-refractivity contribution is 0.0526. The van der Waals surface area contributed by atoms with Crippen molar-refractivity contribution >= 4 is 51.9 Å². The first-order chi connectivity index (χ1) is 16.0. The molecule has 0 spiro atoms. The quantitative estimate of drug-likeness (QED) is 0.412. The van der Waals surface area contributed by atoms with Gasteiger partial charge in [0.15, 0.2) is 5.82 Å². The Morgan fingerprint density at radius 1 is 1.06 bits per heavy atom. The summed E-state index contributed by atoms with van der Waals surface area (Å²) in [6.07, 6.45) is -0.589. The van der Waals surface area contributed by atoms with E-state index in [1.54, 1.807) is 20.8 Å². The van der Waals surface area contributed by atoms with Crippen molar-refractivity contribution in [1.29, 1.82) is 0 Å². The molecule has 3 aromatic rings. The fourth-order valence-electron chi connectivity index (χ4n) is 3.54. The number of ketones is 1. The molecule has 0 radical (unpaired) electrons. The van der Waals surface area contributed by atoms with Crippen LogP contribution >= 0.6 is 23.2 Å². The monoisotopic (exact) mass is 502 g/mol. The van der Waals surface area contributed by atoms with Crippen LogP contribution in [0.25, 0.3) is 16.6 Å². The predicted octanol–water partition coefficient (Wildman–Crippen LogP) is 3.49. The van der Waals surface area contributed by atoms with Crippen molar-refractivity contribution in [2.24, 2.45) is 0 Å². The number of aromatic nitrogens is 2. The number of hydrogen-bond acceptors (Lipinski definition) is 6. The van der Waals surface area contributed by atoms with Gasteiger partial charge >= 0.3 is 6.09 Å². The number of nitrogens with one attached hydrogen (secondary N) is 2. The van der Waals surface area contributed by atoms with Crippen LogP contribution in [0.1, 0.15) is 47.3 Å². The minimum atomic E-state index is -0.623. The van der Waals surface area contributed by atoms with E-state index in [2.05, 4.69) is 15.6 Å². The molecule has 176 valence electrons. The molecule has 2 N–H and O–H groups in total. The van der Waals surface area contributed by atoms with Crippen LogP contribution in [0, 0.1) is 0 Å². The van der Waals surface area contributed by atoms with Gasteiger partial charge in [0.25, 0.3) is 11.5 Å². The van der Waals surface area contributed by atoms with E-state index < -0.39 is 28.9 Å². The van der Waals surface area contributed by atoms with E-state index in [0.29, 0.717) is 5.69 Å². The van der Waals surface area contributed by atoms with Gasteiger partial charge in [0.1, 0.15) is 5.60 Å². The van der Waals surface area contributed by atoms with Gasteiger partial charge in [-0.2, -0.15) is 0 Å². The molecule has 0 atom stereocenters. The zero-order valence-electron chi connectivity index (χ0n) is 18.5. The maximum atomic E-state index is 13.1. The van der Waals surface area contributed by atoms with Gasteiger partial charge in [0, 0.05) is 23.7 Å². The second-order valence-corrected chi connectivity index (χ2v) is 9.45. The molecule has 0 bridgehead atoms. The van der Waals surface area contributed by atoms with Crippen LogP contribution in [0.5, 0.6) is 0 Å². The van der Waals surface area contributed by atoms with Gasteiger partial charge in [0.05, 0.1) is 27.2 Å². The summed E-state index contributed by atoms with van der Waals surface area (Å²) in [5, 5.41) is 5.77. The Kier molecular flexibility index (Phi) is 6.09. The summed E-state index contributed by atoms with van der Waals surface area (Å²) >= 11 is 12.2. The zero-order valence-corrected chi connectivity index (χ0v) is 20.0. The van der Waals surface area contributed by atoms with E-state index in [1.165, 1.54) is 34.9 Å². The zero-order chi connectivity index (χ0) is 24.8. The number of fused-ring (bicyclic) bond motifs is 4. The lowest BCUT2D eigenvalue weighted by atomic mass is 10.1. The second-order valence-electron chi connectivity index (χ2n) is 8.60. The summed E-state index contributed by atoms with van der Waals surface area (Å²) in [5.74, 6) is -1.02. The molecule has 1 aliphatic heterocycles. The number of ether oxygens (including phenoxy) is 1. The fraction of sp³-hybridized carbons (Fsp3) is 0.261. The molecular formula is C23H20Cl2N4O5. The average molecular weight is 503 g/mol. The highest BCUT2D eigenvalue weighted by Crippen LogP contribution is 2.30. The third-order valence-electron chi connectivity index (χ3n) is 4.92. The van der Waals surface area contributed by atoms with Gasteiger partial charge in [-0.3, -0.25) is 19.0 Å². The molecule has 2 aromatic carbocycles. The van der Waals surface area contributed by atoms with E-state index in [4.69, 9.17) is 27.9 Å². The Bertz CT molecular complexity index is 1430. The normalized spacial score (nSPS) is 12.3. The minimum Gasteiger partial charge on any atom is -0.444 e. The second kappa shape index (κ2) is 8.73. The Labute approximate surface area is 204 Å². The number of carbonyl (C=O) groups excluding carboxylic acids is 3. The standard InChI is InChI=1S/C23H20Cl2N4O5/c1-23(2,3)34-22(33)27-7-6-26-20(31)11-4-5-16-13(8-11)18(30)19-28-15-10-12(24)9-14(25)17(15)21(32)29(16)19/h4-5,8-10H,6-7H2,1-3H3,(H,26,31)(H,27,33). The number of alkyl carbamates (subject to hydrolysis) is 1. The van der Waals surface area contributed by atoms with Crippen molar-refractivity contribution in [1.82, 2.24) is 20.2 Å². The molecular weight excluding hydrogens is 483 g/mol. The number of halogens is 2. The summed E-state index contributed by atoms with van der Waals surface area (Å²) in [4.78, 5) is 54.6. The van der Waals surface area contributed by atoms with Gasteiger partial charge in [-0.05, 0) is 51.1 Å². The van der Waals surface area contributed by atoms with Crippen molar-refractivity contribution < 1.29 is 19.1 Å². The van der Waals surface area contributed by atoms with E-state index in [9.17, 15) is 19.2 Å². The number of carbonyl (C=O) groups is 3. The highest BCUT2D eigenvalue weighted by atomic mass is 35.5. The van der Waals surface area contributed by atoms with Crippen LogP contribution in [-0.2, 0) is 4.74 Å². The van der Waals surface area contributed by atoms with Crippen LogP contribution in [-0.4, -0.2) is 46.0 Å². The smallest absolute Gasteiger partial charge is 0.407 e. The largest absolute Gasteiger partial charge is 0.444 e. The number of benzene rings is 2. The summed E-state index contributed by atoms with van der Waals surface area (Å²) in [5.41, 5.74) is -0.210. The molecule has 34 heavy (non-hydrogen) atoms. The molecule has 2 heterocycles. The van der Waals surface area contributed by atoms with Crippen LogP contribution < -0.4 is 16.2 Å². The van der Waals surface area contributed by atoms with Crippen molar-refractivity contribution in [3.05, 3.63) is 67.7 Å². The third-order valence-corrected chi connectivity index (χ3v) is 5.43. The molecule has 0 saturated heterocycles. The first kappa shape index (κ1) is 23.7. The van der Waals surface area contributed by atoms with Crippen LogP contribution in [0.3, 0.4) is 0 Å². The summed E-state index contributed by atoms with van der Waals surface area (Å²) < 4.78 is 6.31. The predicted molar refractivity (Wildman–Crippen MR) is 127 cm³/mol. The SMILES string of the molecule is CC(C)(C)OC(=O)NCCNC(=O)c1ccc2c(c1)C(=O)c1nc3cc(Cl)cc(Cl)c3c(=O)n1-2. The molecule has 9 nitrogen and oxygen atoms in total. The fourth-order valence-corrected chi connectivity index (χ4v) is 4.10. The number of nitrogens with zero attached hydrogens (tertiary/aromatic N) is 2. The molecule has 2 amide bonds. The lowest BCUT2D eigenvalue weighted by Gasteiger charge is -2.19. The average Bonchev–Trinajstić information content (AvgIpc) is 3.01. The molecule has 0 fully saturated rings. The Hall–Kier alpha value is -3.43. The van der Waals surface area contributed by atoms with E-state index in [-0.39, 0.29) is 51.0 Å². The number of amides is 2. The summed E-state index contributed by atoms with van der Waals surface area (Å²) in [7, 11) is 0. The van der Waals surface area contributed by atoms with E-state index >= 15 is 0 Å². The third kappa shape index (κ3) is 4.49. The summed E-state index contributed by atoms with van der Waals surface area (Å²) in [6.45, 7) is 5.55. The maximum absolute atomic E-state index is 13.1. The van der Waals surface area contributed by atoms with Crippen molar-refractivity contribution in [3.8, 4) is 5.69 Å². The molecule has 1 aliphatic rings. The Morgan fingerprint density at radius 2 is 1.76 bits per heavy atom. The number of rotatable bonds is 4. The Morgan fingerprint density at radius 3 is 2.47 bits per heavy atom. The molecule has 0 unspecified atom stereocenters. The molecule has 4 rings (SSSR count). The Balaban J connectivity index is 1.54. The van der Waals surface area contributed by atoms with Gasteiger partial charge in [0.2, 0.25) is 5.78 Å². The minimum absolute atomic E-state index is 0.0787. The van der Waals surface area contributed by atoms with Gasteiger partial charge < -0.3 is 15.4 Å². The van der Waals surface area contributed by atoms with Crippen molar-refractivity contribution in [2.45, 2.75) is 26.4 Å². The van der Waals surface area contributed by atoms with Crippen molar-refractivity contribution in [2.75, 3.05) is 13.1 Å². The highest BCUT2D eigenvalue weighted by Gasteiger charge is 2.31. The van der Waals surface area contributed by atoms with E-state index in [0.717, 1.165) is 0 Å². The molecule has 11 heteroatoms.